The quantitative estimate of drug-likeness (QED) is 0.879. The minimum absolute atomic E-state index is 0.0457. The molecule has 0 aliphatic carbocycles. The van der Waals surface area contributed by atoms with Crippen molar-refractivity contribution in [2.75, 3.05) is 13.1 Å². The molecule has 4 nitrogen and oxygen atoms in total. The Morgan fingerprint density at radius 2 is 2.53 bits per heavy atom. The maximum Gasteiger partial charge on any atom is 0.317 e. The predicted molar refractivity (Wildman–Crippen MR) is 69.1 cm³/mol. The molecular formula is C12H19N3OS. The number of nitrogens with one attached hydrogen (secondary N) is 1. The summed E-state index contributed by atoms with van der Waals surface area (Å²) in [6.07, 6.45) is 2.35. The molecule has 1 fully saturated rings. The van der Waals surface area contributed by atoms with Crippen LogP contribution < -0.4 is 5.32 Å². The van der Waals surface area contributed by atoms with Crippen LogP contribution in [0.2, 0.25) is 0 Å². The molecule has 1 unspecified atom stereocenters. The van der Waals surface area contributed by atoms with Gasteiger partial charge in [-0.15, -0.1) is 11.3 Å². The zero-order valence-corrected chi connectivity index (χ0v) is 11.2. The van der Waals surface area contributed by atoms with E-state index < -0.39 is 0 Å². The molecule has 1 aromatic heterocycles. The van der Waals surface area contributed by atoms with Gasteiger partial charge in [-0.2, -0.15) is 0 Å². The van der Waals surface area contributed by atoms with Gasteiger partial charge in [0.05, 0.1) is 6.54 Å². The summed E-state index contributed by atoms with van der Waals surface area (Å²) in [5.41, 5.74) is 1.02. The normalized spacial score (nSPS) is 20.4. The van der Waals surface area contributed by atoms with Crippen LogP contribution in [0.4, 0.5) is 4.79 Å². The largest absolute Gasteiger partial charge is 0.331 e. The number of likely N-dealkylation sites (tertiary alicyclic amines) is 1. The minimum Gasteiger partial charge on any atom is -0.331 e. The van der Waals surface area contributed by atoms with Gasteiger partial charge in [-0.25, -0.2) is 9.78 Å². The number of carbonyl (C=O) groups excluding carboxylic acids is 1. The maximum absolute atomic E-state index is 11.9. The number of hydrogen-bond donors (Lipinski definition) is 1. The molecule has 17 heavy (non-hydrogen) atoms. The lowest BCUT2D eigenvalue weighted by molar-refractivity contribution is 0.169. The van der Waals surface area contributed by atoms with E-state index in [9.17, 15) is 4.79 Å². The number of rotatable bonds is 2. The molecule has 0 aromatic carbocycles. The van der Waals surface area contributed by atoms with Crippen molar-refractivity contribution < 1.29 is 4.79 Å². The lowest BCUT2D eigenvalue weighted by Crippen LogP contribution is -2.44. The number of urea groups is 1. The van der Waals surface area contributed by atoms with E-state index in [1.54, 1.807) is 11.3 Å². The van der Waals surface area contributed by atoms with Gasteiger partial charge in [0.2, 0.25) is 0 Å². The van der Waals surface area contributed by atoms with Crippen molar-refractivity contribution in [3.05, 3.63) is 16.1 Å². The first-order valence-electron chi connectivity index (χ1n) is 6.09. The molecule has 1 aliphatic rings. The van der Waals surface area contributed by atoms with Crippen LogP contribution in [-0.2, 0) is 6.54 Å². The number of amides is 2. The molecular weight excluding hydrogens is 234 g/mol. The Morgan fingerprint density at radius 3 is 3.18 bits per heavy atom. The lowest BCUT2D eigenvalue weighted by Gasteiger charge is -2.30. The van der Waals surface area contributed by atoms with Crippen LogP contribution in [0.15, 0.2) is 5.38 Å². The van der Waals surface area contributed by atoms with E-state index in [2.05, 4.69) is 17.2 Å². The molecule has 1 aliphatic heterocycles. The summed E-state index contributed by atoms with van der Waals surface area (Å²) in [4.78, 5) is 18.2. The van der Waals surface area contributed by atoms with Crippen molar-refractivity contribution in [2.45, 2.75) is 33.2 Å². The molecule has 2 rings (SSSR count). The maximum atomic E-state index is 11.9. The Bertz CT molecular complexity index is 391. The third kappa shape index (κ3) is 3.43. The van der Waals surface area contributed by atoms with Crippen molar-refractivity contribution in [1.82, 2.24) is 15.2 Å². The summed E-state index contributed by atoms with van der Waals surface area (Å²) in [5.74, 6) is 0.622. The summed E-state index contributed by atoms with van der Waals surface area (Å²) in [5, 5.41) is 5.91. The second-order valence-corrected chi connectivity index (χ2v) is 5.68. The van der Waals surface area contributed by atoms with Gasteiger partial charge < -0.3 is 10.2 Å². The molecule has 5 heteroatoms. The molecule has 0 spiro atoms. The Kier molecular flexibility index (Phi) is 3.99. The smallest absolute Gasteiger partial charge is 0.317 e. The van der Waals surface area contributed by atoms with Gasteiger partial charge in [0, 0.05) is 24.2 Å². The number of nitrogens with zero attached hydrogens (tertiary/aromatic N) is 2. The topological polar surface area (TPSA) is 45.2 Å². The van der Waals surface area contributed by atoms with E-state index in [4.69, 9.17) is 0 Å². The fourth-order valence-electron chi connectivity index (χ4n) is 2.12. The summed E-state index contributed by atoms with van der Waals surface area (Å²) in [7, 11) is 0. The fraction of sp³-hybridized carbons (Fsp3) is 0.667. The Morgan fingerprint density at radius 1 is 1.71 bits per heavy atom. The summed E-state index contributed by atoms with van der Waals surface area (Å²) in [6, 6.07) is 0.0457. The summed E-state index contributed by atoms with van der Waals surface area (Å²) < 4.78 is 0. The van der Waals surface area contributed by atoms with E-state index >= 15 is 0 Å². The highest BCUT2D eigenvalue weighted by atomic mass is 32.1. The highest BCUT2D eigenvalue weighted by Crippen LogP contribution is 2.15. The highest BCUT2D eigenvalue weighted by molar-refractivity contribution is 7.09. The zero-order chi connectivity index (χ0) is 12.3. The lowest BCUT2D eigenvalue weighted by atomic mass is 10.0. The average Bonchev–Trinajstić information content (AvgIpc) is 2.72. The second-order valence-electron chi connectivity index (χ2n) is 4.73. The van der Waals surface area contributed by atoms with E-state index in [0.717, 1.165) is 30.2 Å². The van der Waals surface area contributed by atoms with E-state index in [1.807, 2.05) is 17.2 Å². The predicted octanol–water partition coefficient (Wildman–Crippen LogP) is 2.39. The zero-order valence-electron chi connectivity index (χ0n) is 10.4. The van der Waals surface area contributed by atoms with Crippen LogP contribution in [0.5, 0.6) is 0 Å². The molecule has 2 amide bonds. The molecule has 94 valence electrons. The van der Waals surface area contributed by atoms with Crippen LogP contribution in [0.3, 0.4) is 0 Å². The first kappa shape index (κ1) is 12.4. The molecule has 1 saturated heterocycles. The van der Waals surface area contributed by atoms with E-state index in [1.165, 1.54) is 6.42 Å². The number of carbonyl (C=O) groups is 1. The summed E-state index contributed by atoms with van der Waals surface area (Å²) in [6.45, 7) is 6.47. The fourth-order valence-corrected chi connectivity index (χ4v) is 2.83. The first-order valence-corrected chi connectivity index (χ1v) is 6.97. The standard InChI is InChI=1S/C12H19N3OS/c1-9-4-3-5-15(7-9)12(16)13-6-11-14-10(2)8-17-11/h8-9H,3-7H2,1-2H3,(H,13,16). The Labute approximate surface area is 106 Å². The number of piperidine rings is 1. The first-order chi connectivity index (χ1) is 8.15. The third-order valence-corrected chi connectivity index (χ3v) is 3.97. The van der Waals surface area contributed by atoms with Crippen LogP contribution in [0, 0.1) is 12.8 Å². The Balaban J connectivity index is 1.80. The van der Waals surface area contributed by atoms with Crippen LogP contribution >= 0.6 is 11.3 Å². The van der Waals surface area contributed by atoms with Crippen molar-refractivity contribution in [1.29, 1.82) is 0 Å². The van der Waals surface area contributed by atoms with Gasteiger partial charge in [-0.3, -0.25) is 0 Å². The van der Waals surface area contributed by atoms with Gasteiger partial charge in [0.15, 0.2) is 0 Å². The average molecular weight is 253 g/mol. The number of aryl methyl sites for hydroxylation is 1. The third-order valence-electron chi connectivity index (χ3n) is 3.00. The van der Waals surface area contributed by atoms with Crippen LogP contribution in [0.25, 0.3) is 0 Å². The SMILES string of the molecule is Cc1csc(CNC(=O)N2CCCC(C)C2)n1. The van der Waals surface area contributed by atoms with Gasteiger partial charge in [0.25, 0.3) is 0 Å². The minimum atomic E-state index is 0.0457. The second kappa shape index (κ2) is 5.49. The molecule has 0 saturated carbocycles. The number of thiazole rings is 1. The number of aromatic nitrogens is 1. The van der Waals surface area contributed by atoms with Crippen molar-refractivity contribution in [3.8, 4) is 0 Å². The van der Waals surface area contributed by atoms with Crippen molar-refractivity contribution in [2.24, 2.45) is 5.92 Å². The summed E-state index contributed by atoms with van der Waals surface area (Å²) >= 11 is 1.59. The van der Waals surface area contributed by atoms with Gasteiger partial charge in [-0.1, -0.05) is 6.92 Å². The van der Waals surface area contributed by atoms with Gasteiger partial charge in [0.1, 0.15) is 5.01 Å². The molecule has 1 aromatic rings. The molecule has 1 atom stereocenters. The molecule has 0 bridgehead atoms. The monoisotopic (exact) mass is 253 g/mol. The van der Waals surface area contributed by atoms with Crippen molar-refractivity contribution >= 4 is 17.4 Å². The van der Waals surface area contributed by atoms with Gasteiger partial charge in [-0.05, 0) is 25.7 Å². The highest BCUT2D eigenvalue weighted by Gasteiger charge is 2.20. The molecule has 2 heterocycles. The van der Waals surface area contributed by atoms with Crippen molar-refractivity contribution in [3.63, 3.8) is 0 Å². The Hall–Kier alpha value is -1.10. The van der Waals surface area contributed by atoms with Crippen LogP contribution in [-0.4, -0.2) is 29.0 Å². The van der Waals surface area contributed by atoms with E-state index in [0.29, 0.717) is 12.5 Å². The van der Waals surface area contributed by atoms with E-state index in [-0.39, 0.29) is 6.03 Å². The number of hydrogen-bond acceptors (Lipinski definition) is 3. The van der Waals surface area contributed by atoms with Gasteiger partial charge >= 0.3 is 6.03 Å². The van der Waals surface area contributed by atoms with Crippen LogP contribution in [0.1, 0.15) is 30.5 Å². The molecule has 0 radical (unpaired) electrons. The molecule has 1 N–H and O–H groups in total.